The molecular weight excluding hydrogens is 356 g/mol. The number of rotatable bonds is 6. The van der Waals surface area contributed by atoms with Crippen LogP contribution in [0, 0.1) is 11.8 Å². The molecule has 2 bridgehead atoms. The molecule has 1 saturated heterocycles. The summed E-state index contributed by atoms with van der Waals surface area (Å²) in [7, 11) is 0. The Morgan fingerprint density at radius 3 is 2.38 bits per heavy atom. The van der Waals surface area contributed by atoms with Crippen molar-refractivity contribution in [1.82, 2.24) is 4.90 Å². The second-order valence-corrected chi connectivity index (χ2v) is 9.84. The van der Waals surface area contributed by atoms with Gasteiger partial charge in [-0.05, 0) is 62.5 Å². The maximum atomic E-state index is 12.9. The van der Waals surface area contributed by atoms with Crippen LogP contribution < -0.4 is 4.90 Å². The molecule has 1 aromatic rings. The quantitative estimate of drug-likeness (QED) is 0.586. The number of hydrogen-bond donors (Lipinski definition) is 0. The van der Waals surface area contributed by atoms with Gasteiger partial charge >= 0.3 is 0 Å². The van der Waals surface area contributed by atoms with Gasteiger partial charge in [-0.1, -0.05) is 57.7 Å². The first-order valence-corrected chi connectivity index (χ1v) is 12.3. The highest BCUT2D eigenvalue weighted by atomic mass is 16.2. The first-order valence-electron chi connectivity index (χ1n) is 12.3. The molecule has 3 heteroatoms. The number of nitrogens with zero attached hydrogens (tertiary/aromatic N) is 2. The summed E-state index contributed by atoms with van der Waals surface area (Å²) in [6, 6.07) is 12.2. The van der Waals surface area contributed by atoms with Gasteiger partial charge in [0.15, 0.2) is 0 Å². The van der Waals surface area contributed by atoms with Gasteiger partial charge in [0, 0.05) is 36.8 Å². The molecule has 2 saturated carbocycles. The minimum absolute atomic E-state index is 0.275. The molecule has 160 valence electrons. The molecule has 3 aliphatic rings. The van der Waals surface area contributed by atoms with Gasteiger partial charge in [-0.15, -0.1) is 0 Å². The predicted molar refractivity (Wildman–Crippen MR) is 121 cm³/mol. The van der Waals surface area contributed by atoms with Gasteiger partial charge in [-0.25, -0.2) is 0 Å². The van der Waals surface area contributed by atoms with Crippen molar-refractivity contribution >= 4 is 11.6 Å². The maximum Gasteiger partial charge on any atom is 0.226 e. The molecule has 0 aromatic heterocycles. The Balaban J connectivity index is 1.50. The standard InChI is InChI=1S/C26H40N2O/c1-3-9-23-19-24(28(26(29)4-2)22-12-6-5-7-13-22)14-15-27(23)25-17-20-10-8-11-21(16-20)18-25/h5-7,12-13,20-21,23-25H,3-4,8-11,14-19H2,1-2H3/t20-,21+,23-,24-,25+/m0/s1. The van der Waals surface area contributed by atoms with Gasteiger partial charge in [0.2, 0.25) is 5.91 Å². The van der Waals surface area contributed by atoms with E-state index >= 15 is 0 Å². The summed E-state index contributed by atoms with van der Waals surface area (Å²) in [5.41, 5.74) is 1.08. The summed E-state index contributed by atoms with van der Waals surface area (Å²) < 4.78 is 0. The van der Waals surface area contributed by atoms with Gasteiger partial charge in [0.1, 0.15) is 0 Å². The largest absolute Gasteiger partial charge is 0.309 e. The molecule has 29 heavy (non-hydrogen) atoms. The van der Waals surface area contributed by atoms with Crippen molar-refractivity contribution in [2.45, 2.75) is 103 Å². The average Bonchev–Trinajstić information content (AvgIpc) is 2.75. The predicted octanol–water partition coefficient (Wildman–Crippen LogP) is 6.03. The minimum atomic E-state index is 0.275. The van der Waals surface area contributed by atoms with Crippen molar-refractivity contribution in [3.8, 4) is 0 Å². The molecule has 3 fully saturated rings. The van der Waals surface area contributed by atoms with Crippen LogP contribution in [0.15, 0.2) is 30.3 Å². The third-order valence-electron chi connectivity index (χ3n) is 7.90. The average molecular weight is 397 g/mol. The number of piperidine rings is 1. The first-order chi connectivity index (χ1) is 14.2. The van der Waals surface area contributed by atoms with E-state index in [0.717, 1.165) is 36.4 Å². The highest BCUT2D eigenvalue weighted by Crippen LogP contribution is 2.43. The lowest BCUT2D eigenvalue weighted by Crippen LogP contribution is -2.56. The number of para-hydroxylation sites is 1. The number of carbonyl (C=O) groups is 1. The van der Waals surface area contributed by atoms with E-state index in [4.69, 9.17) is 0 Å². The summed E-state index contributed by atoms with van der Waals surface area (Å²) >= 11 is 0. The number of anilines is 1. The third kappa shape index (κ3) is 4.71. The number of likely N-dealkylation sites (tertiary alicyclic amines) is 1. The molecular formula is C26H40N2O. The number of carbonyl (C=O) groups excluding carboxylic acids is 1. The Bertz CT molecular complexity index is 648. The van der Waals surface area contributed by atoms with Crippen molar-refractivity contribution in [3.05, 3.63) is 30.3 Å². The number of benzene rings is 1. The molecule has 4 rings (SSSR count). The molecule has 1 heterocycles. The van der Waals surface area contributed by atoms with Crippen LogP contribution in [0.1, 0.15) is 84.5 Å². The molecule has 1 aliphatic heterocycles. The van der Waals surface area contributed by atoms with Crippen LogP contribution in [0.4, 0.5) is 5.69 Å². The van der Waals surface area contributed by atoms with E-state index in [1.807, 2.05) is 13.0 Å². The summed E-state index contributed by atoms with van der Waals surface area (Å²) in [5, 5.41) is 0. The summed E-state index contributed by atoms with van der Waals surface area (Å²) in [5.74, 6) is 2.24. The van der Waals surface area contributed by atoms with Gasteiger partial charge in [0.05, 0.1) is 0 Å². The zero-order valence-corrected chi connectivity index (χ0v) is 18.6. The number of hydrogen-bond acceptors (Lipinski definition) is 2. The summed E-state index contributed by atoms with van der Waals surface area (Å²) in [6.07, 6.45) is 14.1. The topological polar surface area (TPSA) is 23.6 Å². The molecule has 0 unspecified atom stereocenters. The van der Waals surface area contributed by atoms with Gasteiger partial charge in [-0.3, -0.25) is 9.69 Å². The zero-order chi connectivity index (χ0) is 20.2. The Hall–Kier alpha value is -1.35. The van der Waals surface area contributed by atoms with Gasteiger partial charge < -0.3 is 4.90 Å². The lowest BCUT2D eigenvalue weighted by atomic mass is 9.69. The minimum Gasteiger partial charge on any atom is -0.309 e. The fourth-order valence-electron chi connectivity index (χ4n) is 6.66. The second kappa shape index (κ2) is 9.64. The molecule has 2 aliphatic carbocycles. The van der Waals surface area contributed by atoms with Crippen LogP contribution in [0.25, 0.3) is 0 Å². The van der Waals surface area contributed by atoms with Gasteiger partial charge in [-0.2, -0.15) is 0 Å². The molecule has 3 nitrogen and oxygen atoms in total. The molecule has 1 amide bonds. The maximum absolute atomic E-state index is 12.9. The number of amides is 1. The Kier molecular flexibility index (Phi) is 6.95. The Morgan fingerprint density at radius 2 is 1.72 bits per heavy atom. The Labute approximate surface area is 177 Å². The van der Waals surface area contributed by atoms with Crippen LogP contribution >= 0.6 is 0 Å². The van der Waals surface area contributed by atoms with Crippen LogP contribution in [0.3, 0.4) is 0 Å². The molecule has 1 aromatic carbocycles. The van der Waals surface area contributed by atoms with Crippen molar-refractivity contribution < 1.29 is 4.79 Å². The molecule has 0 spiro atoms. The normalized spacial score (nSPS) is 32.7. The van der Waals surface area contributed by atoms with E-state index in [0.29, 0.717) is 18.5 Å². The molecule has 0 N–H and O–H groups in total. The highest BCUT2D eigenvalue weighted by Gasteiger charge is 2.40. The van der Waals surface area contributed by atoms with Crippen LogP contribution in [-0.2, 0) is 4.79 Å². The zero-order valence-electron chi connectivity index (χ0n) is 18.6. The summed E-state index contributed by atoms with van der Waals surface area (Å²) in [4.78, 5) is 17.9. The summed E-state index contributed by atoms with van der Waals surface area (Å²) in [6.45, 7) is 5.49. The fourth-order valence-corrected chi connectivity index (χ4v) is 6.66. The molecule has 5 atom stereocenters. The van der Waals surface area contributed by atoms with Crippen LogP contribution in [0.5, 0.6) is 0 Å². The van der Waals surface area contributed by atoms with Crippen LogP contribution in [-0.4, -0.2) is 35.5 Å². The molecule has 0 radical (unpaired) electrons. The van der Waals surface area contributed by atoms with E-state index in [-0.39, 0.29) is 5.91 Å². The lowest BCUT2D eigenvalue weighted by molar-refractivity contribution is -0.119. The fraction of sp³-hybridized carbons (Fsp3) is 0.731. The monoisotopic (exact) mass is 396 g/mol. The van der Waals surface area contributed by atoms with E-state index in [9.17, 15) is 4.79 Å². The third-order valence-corrected chi connectivity index (χ3v) is 7.90. The van der Waals surface area contributed by atoms with Gasteiger partial charge in [0.25, 0.3) is 0 Å². The lowest BCUT2D eigenvalue weighted by Gasteiger charge is -2.50. The highest BCUT2D eigenvalue weighted by molar-refractivity contribution is 5.93. The van der Waals surface area contributed by atoms with E-state index in [1.54, 1.807) is 0 Å². The van der Waals surface area contributed by atoms with Crippen LogP contribution in [0.2, 0.25) is 0 Å². The van der Waals surface area contributed by atoms with Crippen molar-refractivity contribution in [2.24, 2.45) is 11.8 Å². The Morgan fingerprint density at radius 1 is 1.00 bits per heavy atom. The smallest absolute Gasteiger partial charge is 0.226 e. The number of fused-ring (bicyclic) bond motifs is 2. The first kappa shape index (κ1) is 20.9. The van der Waals surface area contributed by atoms with Crippen molar-refractivity contribution in [2.75, 3.05) is 11.4 Å². The van der Waals surface area contributed by atoms with E-state index < -0.39 is 0 Å². The van der Waals surface area contributed by atoms with E-state index in [1.165, 1.54) is 57.9 Å². The SMILES string of the molecule is CCC[C@H]1C[C@@H](N(C(=O)CC)c2ccccc2)CCN1[C@H]1C[C@@H]2CCC[C@@H](C2)C1. The van der Waals surface area contributed by atoms with Crippen molar-refractivity contribution in [1.29, 1.82) is 0 Å². The van der Waals surface area contributed by atoms with Crippen molar-refractivity contribution in [3.63, 3.8) is 0 Å². The van der Waals surface area contributed by atoms with E-state index in [2.05, 4.69) is 41.0 Å². The second-order valence-electron chi connectivity index (χ2n) is 9.84.